The fourth-order valence-corrected chi connectivity index (χ4v) is 4.69. The molecule has 0 aliphatic rings. The number of carbonyl (C=O) groups is 3. The number of benzene rings is 4. The average molecular weight is 581 g/mol. The number of aryl methyl sites for hydroxylation is 1. The fourth-order valence-electron chi connectivity index (χ4n) is 3.82. The summed E-state index contributed by atoms with van der Waals surface area (Å²) in [4.78, 5) is 50.1. The molecule has 212 valence electrons. The number of non-ortho nitro benzene ring substituents is 1. The normalized spacial score (nSPS) is 11.7. The number of hydrogen-bond acceptors (Lipinski definition) is 6. The highest BCUT2D eigenvalue weighted by atomic mass is 32.2. The Balaban J connectivity index is 1.41. The van der Waals surface area contributed by atoms with Crippen LogP contribution in [0.1, 0.15) is 28.4 Å². The molecular formula is C32H28N4O5S. The third-order valence-electron chi connectivity index (χ3n) is 6.12. The Morgan fingerprint density at radius 2 is 1.50 bits per heavy atom. The molecule has 42 heavy (non-hydrogen) atoms. The van der Waals surface area contributed by atoms with Crippen LogP contribution >= 0.6 is 11.8 Å². The molecule has 1 atom stereocenters. The first-order valence-corrected chi connectivity index (χ1v) is 13.8. The van der Waals surface area contributed by atoms with Crippen LogP contribution in [-0.2, 0) is 9.59 Å². The Morgan fingerprint density at radius 1 is 0.857 bits per heavy atom. The van der Waals surface area contributed by atoms with E-state index < -0.39 is 22.0 Å². The lowest BCUT2D eigenvalue weighted by Crippen LogP contribution is -2.30. The molecule has 3 N–H and O–H groups in total. The lowest BCUT2D eigenvalue weighted by atomic mass is 10.1. The van der Waals surface area contributed by atoms with E-state index in [0.29, 0.717) is 22.5 Å². The van der Waals surface area contributed by atoms with Crippen LogP contribution in [0.15, 0.2) is 114 Å². The molecule has 1 unspecified atom stereocenters. The number of nitro benzene ring substituents is 1. The summed E-state index contributed by atoms with van der Waals surface area (Å²) in [5.74, 6) is -1.21. The highest BCUT2D eigenvalue weighted by Gasteiger charge is 2.18. The second-order valence-corrected chi connectivity index (χ2v) is 10.7. The summed E-state index contributed by atoms with van der Waals surface area (Å²) in [5, 5.41) is 18.9. The highest BCUT2D eigenvalue weighted by Crippen LogP contribution is 2.27. The van der Waals surface area contributed by atoms with E-state index in [1.807, 2.05) is 30.3 Å². The molecule has 0 spiro atoms. The predicted molar refractivity (Wildman–Crippen MR) is 165 cm³/mol. The number of hydrogen-bond donors (Lipinski definition) is 3. The fraction of sp³-hybridized carbons (Fsp3) is 0.0938. The second-order valence-electron chi connectivity index (χ2n) is 9.27. The van der Waals surface area contributed by atoms with E-state index in [1.165, 1.54) is 23.9 Å². The summed E-state index contributed by atoms with van der Waals surface area (Å²) >= 11 is 1.30. The Kier molecular flexibility index (Phi) is 9.85. The summed E-state index contributed by atoms with van der Waals surface area (Å²) in [6.45, 7) is 3.50. The molecule has 0 heterocycles. The number of anilines is 2. The summed E-state index contributed by atoms with van der Waals surface area (Å²) in [7, 11) is 0. The van der Waals surface area contributed by atoms with Gasteiger partial charge in [-0.2, -0.15) is 0 Å². The van der Waals surface area contributed by atoms with E-state index in [4.69, 9.17) is 0 Å². The molecule has 0 bridgehead atoms. The van der Waals surface area contributed by atoms with Gasteiger partial charge in [-0.1, -0.05) is 54.6 Å². The van der Waals surface area contributed by atoms with Gasteiger partial charge in [-0.3, -0.25) is 24.5 Å². The first-order chi connectivity index (χ1) is 20.2. The maximum atomic E-state index is 13.2. The molecule has 0 aliphatic heterocycles. The van der Waals surface area contributed by atoms with Crippen LogP contribution in [0.4, 0.5) is 17.1 Å². The van der Waals surface area contributed by atoms with Gasteiger partial charge in [0, 0.05) is 28.3 Å². The number of amides is 3. The quantitative estimate of drug-likeness (QED) is 0.0857. The van der Waals surface area contributed by atoms with Gasteiger partial charge in [-0.05, 0) is 67.4 Å². The standard InChI is InChI=1S/C32H28N4O5S/c1-21-13-16-26(36(40)41)20-28(21)34-30(37)22(2)42-27-17-14-25(15-18-27)33-32(39)29(19-23-9-5-3-6-10-23)35-31(38)24-11-7-4-8-12-24/h3-20,22H,1-2H3,(H,33,39)(H,34,37)(H,35,38)/b29-19-. The molecule has 0 aliphatic carbocycles. The molecule has 0 saturated carbocycles. The Bertz CT molecular complexity index is 1620. The number of carbonyl (C=O) groups excluding carboxylic acids is 3. The van der Waals surface area contributed by atoms with Crippen LogP contribution < -0.4 is 16.0 Å². The largest absolute Gasteiger partial charge is 0.325 e. The molecule has 4 aromatic rings. The van der Waals surface area contributed by atoms with Crippen molar-refractivity contribution < 1.29 is 19.3 Å². The van der Waals surface area contributed by atoms with Crippen molar-refractivity contribution in [3.63, 3.8) is 0 Å². The van der Waals surface area contributed by atoms with Crippen LogP contribution in [0.3, 0.4) is 0 Å². The molecule has 0 radical (unpaired) electrons. The number of nitro groups is 1. The Morgan fingerprint density at radius 3 is 2.14 bits per heavy atom. The van der Waals surface area contributed by atoms with Crippen molar-refractivity contribution in [3.8, 4) is 0 Å². The zero-order valence-corrected chi connectivity index (χ0v) is 23.7. The van der Waals surface area contributed by atoms with Crippen LogP contribution in [-0.4, -0.2) is 27.9 Å². The average Bonchev–Trinajstić information content (AvgIpc) is 2.99. The summed E-state index contributed by atoms with van der Waals surface area (Å²) in [6.07, 6.45) is 1.60. The van der Waals surface area contributed by atoms with Gasteiger partial charge in [0.2, 0.25) is 5.91 Å². The SMILES string of the molecule is Cc1ccc([N+](=O)[O-])cc1NC(=O)C(C)Sc1ccc(NC(=O)/C(=C/c2ccccc2)NC(=O)c2ccccc2)cc1. The van der Waals surface area contributed by atoms with Crippen molar-refractivity contribution in [3.05, 3.63) is 136 Å². The molecule has 0 aromatic heterocycles. The van der Waals surface area contributed by atoms with Gasteiger partial charge in [0.15, 0.2) is 0 Å². The summed E-state index contributed by atoms with van der Waals surface area (Å²) in [5.41, 5.74) is 2.75. The maximum Gasteiger partial charge on any atom is 0.272 e. The van der Waals surface area contributed by atoms with Gasteiger partial charge in [0.05, 0.1) is 15.9 Å². The number of nitrogens with one attached hydrogen (secondary N) is 3. The van der Waals surface area contributed by atoms with Gasteiger partial charge in [-0.25, -0.2) is 0 Å². The van der Waals surface area contributed by atoms with Crippen molar-refractivity contribution in [2.24, 2.45) is 0 Å². The predicted octanol–water partition coefficient (Wildman–Crippen LogP) is 6.43. The molecule has 0 fully saturated rings. The third kappa shape index (κ3) is 8.15. The van der Waals surface area contributed by atoms with Crippen molar-refractivity contribution in [2.45, 2.75) is 24.0 Å². The van der Waals surface area contributed by atoms with Crippen molar-refractivity contribution in [1.82, 2.24) is 5.32 Å². The van der Waals surface area contributed by atoms with Gasteiger partial charge in [0.1, 0.15) is 5.70 Å². The molecule has 0 saturated heterocycles. The van der Waals surface area contributed by atoms with E-state index in [0.717, 1.165) is 10.5 Å². The summed E-state index contributed by atoms with van der Waals surface area (Å²) in [6, 6.07) is 29.1. The van der Waals surface area contributed by atoms with Crippen molar-refractivity contribution in [2.75, 3.05) is 10.6 Å². The Hall–Kier alpha value is -5.22. The number of nitrogens with zero attached hydrogens (tertiary/aromatic N) is 1. The van der Waals surface area contributed by atoms with Gasteiger partial charge < -0.3 is 16.0 Å². The molecule has 3 amide bonds. The number of rotatable bonds is 10. The maximum absolute atomic E-state index is 13.2. The van der Waals surface area contributed by atoms with Crippen LogP contribution in [0.25, 0.3) is 6.08 Å². The third-order valence-corrected chi connectivity index (χ3v) is 7.24. The Labute approximate surface area is 247 Å². The molecular weight excluding hydrogens is 552 g/mol. The van der Waals surface area contributed by atoms with E-state index in [-0.39, 0.29) is 17.3 Å². The van der Waals surface area contributed by atoms with Crippen molar-refractivity contribution >= 4 is 52.6 Å². The van der Waals surface area contributed by atoms with E-state index in [9.17, 15) is 24.5 Å². The van der Waals surface area contributed by atoms with E-state index >= 15 is 0 Å². The lowest BCUT2D eigenvalue weighted by Gasteiger charge is -2.14. The van der Waals surface area contributed by atoms with Crippen molar-refractivity contribution in [1.29, 1.82) is 0 Å². The summed E-state index contributed by atoms with van der Waals surface area (Å²) < 4.78 is 0. The van der Waals surface area contributed by atoms with Crippen LogP contribution in [0.5, 0.6) is 0 Å². The first kappa shape index (κ1) is 29.8. The minimum absolute atomic E-state index is 0.0789. The highest BCUT2D eigenvalue weighted by molar-refractivity contribution is 8.00. The zero-order valence-electron chi connectivity index (χ0n) is 22.9. The van der Waals surface area contributed by atoms with Crippen LogP contribution in [0.2, 0.25) is 0 Å². The second kappa shape index (κ2) is 13.9. The molecule has 9 nitrogen and oxygen atoms in total. The minimum atomic E-state index is -0.509. The van der Waals surface area contributed by atoms with E-state index in [2.05, 4.69) is 16.0 Å². The van der Waals surface area contributed by atoms with E-state index in [1.54, 1.807) is 80.6 Å². The minimum Gasteiger partial charge on any atom is -0.325 e. The van der Waals surface area contributed by atoms with Gasteiger partial charge in [-0.15, -0.1) is 11.8 Å². The molecule has 10 heteroatoms. The van der Waals surface area contributed by atoms with Gasteiger partial charge in [0.25, 0.3) is 17.5 Å². The lowest BCUT2D eigenvalue weighted by molar-refractivity contribution is -0.384. The molecule has 4 aromatic carbocycles. The zero-order chi connectivity index (χ0) is 30.1. The monoisotopic (exact) mass is 580 g/mol. The molecule has 4 rings (SSSR count). The van der Waals surface area contributed by atoms with Gasteiger partial charge >= 0.3 is 0 Å². The first-order valence-electron chi connectivity index (χ1n) is 13.0. The smallest absolute Gasteiger partial charge is 0.272 e. The topological polar surface area (TPSA) is 130 Å². The van der Waals surface area contributed by atoms with Crippen LogP contribution in [0, 0.1) is 17.0 Å². The number of thioether (sulfide) groups is 1.